The van der Waals surface area contributed by atoms with Crippen LogP contribution in [-0.2, 0) is 4.79 Å². The van der Waals surface area contributed by atoms with Gasteiger partial charge >= 0.3 is 0 Å². The smallest absolute Gasteiger partial charge is 0.238 e. The maximum Gasteiger partial charge on any atom is 0.238 e. The van der Waals surface area contributed by atoms with Gasteiger partial charge in [-0.25, -0.2) is 5.01 Å². The molecule has 2 rings (SSSR count). The molecule has 0 aliphatic carbocycles. The number of amides is 1. The van der Waals surface area contributed by atoms with Gasteiger partial charge in [-0.2, -0.15) is 0 Å². The van der Waals surface area contributed by atoms with Crippen molar-refractivity contribution in [2.24, 2.45) is 0 Å². The van der Waals surface area contributed by atoms with Crippen molar-refractivity contribution < 1.29 is 4.79 Å². The van der Waals surface area contributed by atoms with E-state index in [9.17, 15) is 4.79 Å². The van der Waals surface area contributed by atoms with Crippen LogP contribution in [0.4, 0.5) is 0 Å². The van der Waals surface area contributed by atoms with E-state index in [1.165, 1.54) is 19.3 Å². The second kappa shape index (κ2) is 4.49. The molecule has 0 aromatic heterocycles. The summed E-state index contributed by atoms with van der Waals surface area (Å²) in [4.78, 5) is 11.7. The number of nitrogens with zero attached hydrogens (tertiary/aromatic N) is 2. The Labute approximate surface area is 91.6 Å². The number of carbonyl (C=O) groups is 1. The van der Waals surface area contributed by atoms with Crippen LogP contribution in [0.5, 0.6) is 0 Å². The fourth-order valence-corrected chi connectivity index (χ4v) is 2.42. The quantitative estimate of drug-likeness (QED) is 0.726. The molecule has 0 bridgehead atoms. The van der Waals surface area contributed by atoms with Gasteiger partial charge in [-0.1, -0.05) is 6.42 Å². The lowest BCUT2D eigenvalue weighted by Gasteiger charge is -2.32. The lowest BCUT2D eigenvalue weighted by atomic mass is 10.1. The number of carbonyl (C=O) groups excluding carboxylic acids is 1. The monoisotopic (exact) mass is 211 g/mol. The summed E-state index contributed by atoms with van der Waals surface area (Å²) in [7, 11) is 2.01. The standard InChI is InChI=1S/C11H21N3O/c1-9-7-11(15)14(13(9)2)8-10-5-3-4-6-12-10/h9-10,12H,3-8H2,1-2H3. The van der Waals surface area contributed by atoms with E-state index in [0.29, 0.717) is 18.5 Å². The molecule has 0 saturated carbocycles. The second-order valence-corrected chi connectivity index (χ2v) is 4.75. The zero-order valence-corrected chi connectivity index (χ0v) is 9.70. The van der Waals surface area contributed by atoms with E-state index in [4.69, 9.17) is 0 Å². The van der Waals surface area contributed by atoms with Crippen molar-refractivity contribution in [2.45, 2.75) is 44.7 Å². The summed E-state index contributed by atoms with van der Waals surface area (Å²) in [5.41, 5.74) is 0. The summed E-state index contributed by atoms with van der Waals surface area (Å²) in [6.45, 7) is 4.05. The van der Waals surface area contributed by atoms with Crippen LogP contribution in [0.15, 0.2) is 0 Å². The largest absolute Gasteiger partial charge is 0.312 e. The fourth-order valence-electron chi connectivity index (χ4n) is 2.42. The molecular weight excluding hydrogens is 190 g/mol. The third-order valence-electron chi connectivity index (χ3n) is 3.58. The Kier molecular flexibility index (Phi) is 3.26. The van der Waals surface area contributed by atoms with Crippen LogP contribution >= 0.6 is 0 Å². The average Bonchev–Trinajstić information content (AvgIpc) is 2.47. The minimum Gasteiger partial charge on any atom is -0.312 e. The van der Waals surface area contributed by atoms with Gasteiger partial charge in [-0.3, -0.25) is 9.80 Å². The first-order chi connectivity index (χ1) is 7.18. The SMILES string of the molecule is CC1CC(=O)N(CC2CCCCN2)N1C. The van der Waals surface area contributed by atoms with Gasteiger partial charge in [0, 0.05) is 25.6 Å². The highest BCUT2D eigenvalue weighted by molar-refractivity contribution is 5.78. The van der Waals surface area contributed by atoms with E-state index < -0.39 is 0 Å². The van der Waals surface area contributed by atoms with E-state index in [-0.39, 0.29) is 5.91 Å². The number of hydrogen-bond donors (Lipinski definition) is 1. The molecule has 0 aromatic carbocycles. The molecule has 4 heteroatoms. The summed E-state index contributed by atoms with van der Waals surface area (Å²) in [5, 5.41) is 7.47. The summed E-state index contributed by atoms with van der Waals surface area (Å²) in [5.74, 6) is 0.275. The zero-order valence-electron chi connectivity index (χ0n) is 9.70. The van der Waals surface area contributed by atoms with Crippen LogP contribution in [-0.4, -0.2) is 48.1 Å². The first-order valence-corrected chi connectivity index (χ1v) is 5.95. The van der Waals surface area contributed by atoms with Gasteiger partial charge in [0.05, 0.1) is 6.54 Å². The Hall–Kier alpha value is -0.610. The number of rotatable bonds is 2. The van der Waals surface area contributed by atoms with Crippen molar-refractivity contribution in [3.05, 3.63) is 0 Å². The predicted molar refractivity (Wildman–Crippen MR) is 59.2 cm³/mol. The molecule has 4 nitrogen and oxygen atoms in total. The Morgan fingerprint density at radius 2 is 2.27 bits per heavy atom. The lowest BCUT2D eigenvalue weighted by molar-refractivity contribution is -0.137. The number of hydrogen-bond acceptors (Lipinski definition) is 3. The van der Waals surface area contributed by atoms with Gasteiger partial charge in [0.15, 0.2) is 0 Å². The molecule has 2 unspecified atom stereocenters. The van der Waals surface area contributed by atoms with Crippen LogP contribution in [0.25, 0.3) is 0 Å². The van der Waals surface area contributed by atoms with E-state index in [2.05, 4.69) is 17.2 Å². The molecule has 2 heterocycles. The first kappa shape index (κ1) is 10.9. The van der Waals surface area contributed by atoms with E-state index in [1.807, 2.05) is 12.1 Å². The third kappa shape index (κ3) is 2.32. The Morgan fingerprint density at radius 3 is 2.80 bits per heavy atom. The van der Waals surface area contributed by atoms with Crippen molar-refractivity contribution in [3.8, 4) is 0 Å². The highest BCUT2D eigenvalue weighted by Gasteiger charge is 2.33. The van der Waals surface area contributed by atoms with Crippen molar-refractivity contribution in [1.29, 1.82) is 0 Å². The molecule has 0 aromatic rings. The van der Waals surface area contributed by atoms with Crippen LogP contribution in [0.3, 0.4) is 0 Å². The van der Waals surface area contributed by atoms with Gasteiger partial charge in [0.1, 0.15) is 0 Å². The predicted octanol–water partition coefficient (Wildman–Crippen LogP) is 0.596. The van der Waals surface area contributed by atoms with Crippen LogP contribution in [0, 0.1) is 0 Å². The van der Waals surface area contributed by atoms with E-state index in [1.54, 1.807) is 0 Å². The van der Waals surface area contributed by atoms with Crippen LogP contribution in [0.2, 0.25) is 0 Å². The van der Waals surface area contributed by atoms with Crippen molar-refractivity contribution in [3.63, 3.8) is 0 Å². The maximum atomic E-state index is 11.7. The normalized spacial score (nSPS) is 33.7. The average molecular weight is 211 g/mol. The summed E-state index contributed by atoms with van der Waals surface area (Å²) in [6, 6.07) is 0.858. The number of hydrazine groups is 1. The Bertz CT molecular complexity index is 238. The van der Waals surface area contributed by atoms with Crippen molar-refractivity contribution in [1.82, 2.24) is 15.3 Å². The van der Waals surface area contributed by atoms with Crippen LogP contribution in [0.1, 0.15) is 32.6 Å². The summed E-state index contributed by atoms with van der Waals surface area (Å²) in [6.07, 6.45) is 4.44. The van der Waals surface area contributed by atoms with Gasteiger partial charge in [-0.15, -0.1) is 0 Å². The van der Waals surface area contributed by atoms with Gasteiger partial charge in [-0.05, 0) is 26.3 Å². The van der Waals surface area contributed by atoms with Crippen molar-refractivity contribution in [2.75, 3.05) is 20.1 Å². The molecule has 0 spiro atoms. The number of nitrogens with one attached hydrogen (secondary N) is 1. The first-order valence-electron chi connectivity index (χ1n) is 5.95. The molecule has 0 radical (unpaired) electrons. The molecule has 2 fully saturated rings. The van der Waals surface area contributed by atoms with E-state index in [0.717, 1.165) is 13.1 Å². The minimum atomic E-state index is 0.275. The van der Waals surface area contributed by atoms with Crippen molar-refractivity contribution >= 4 is 5.91 Å². The van der Waals surface area contributed by atoms with E-state index >= 15 is 0 Å². The fraction of sp³-hybridized carbons (Fsp3) is 0.909. The highest BCUT2D eigenvalue weighted by Crippen LogP contribution is 2.19. The molecule has 2 aliphatic heterocycles. The summed E-state index contributed by atoms with van der Waals surface area (Å²) < 4.78 is 0. The highest BCUT2D eigenvalue weighted by atomic mass is 16.2. The maximum absolute atomic E-state index is 11.7. The molecule has 2 atom stereocenters. The zero-order chi connectivity index (χ0) is 10.8. The lowest BCUT2D eigenvalue weighted by Crippen LogP contribution is -2.48. The van der Waals surface area contributed by atoms with Gasteiger partial charge in [0.25, 0.3) is 0 Å². The minimum absolute atomic E-state index is 0.275. The molecular formula is C11H21N3O. The Balaban J connectivity index is 1.90. The molecule has 86 valence electrons. The van der Waals surface area contributed by atoms with Crippen LogP contribution < -0.4 is 5.32 Å². The molecule has 2 aliphatic rings. The third-order valence-corrected chi connectivity index (χ3v) is 3.58. The van der Waals surface area contributed by atoms with Gasteiger partial charge in [0.2, 0.25) is 5.91 Å². The topological polar surface area (TPSA) is 35.6 Å². The van der Waals surface area contributed by atoms with Gasteiger partial charge < -0.3 is 5.32 Å². The summed E-state index contributed by atoms with van der Waals surface area (Å²) >= 11 is 0. The Morgan fingerprint density at radius 1 is 1.47 bits per heavy atom. The molecule has 1 N–H and O–H groups in total. The number of piperidine rings is 1. The second-order valence-electron chi connectivity index (χ2n) is 4.75. The molecule has 2 saturated heterocycles. The molecule has 1 amide bonds. The molecule has 15 heavy (non-hydrogen) atoms.